The fraction of sp³-hybridized carbons (Fsp3) is 0.467. The average molecular weight is 345 g/mol. The van der Waals surface area contributed by atoms with Crippen LogP contribution >= 0.6 is 0 Å². The summed E-state index contributed by atoms with van der Waals surface area (Å²) in [5.74, 6) is 0.954. The number of hydrogen-bond donors (Lipinski definition) is 2. The van der Waals surface area contributed by atoms with Gasteiger partial charge in [-0.15, -0.1) is 0 Å². The molecule has 3 aromatic rings. The van der Waals surface area contributed by atoms with Crippen LogP contribution in [0.2, 0.25) is 0 Å². The lowest BCUT2D eigenvalue weighted by molar-refractivity contribution is -0.0432. The molecule has 1 fully saturated rings. The highest BCUT2D eigenvalue weighted by Gasteiger charge is 2.35. The maximum atomic E-state index is 10.0. The van der Waals surface area contributed by atoms with Crippen LogP contribution in [0.5, 0.6) is 0 Å². The van der Waals surface area contributed by atoms with Crippen LogP contribution in [0.1, 0.15) is 12.6 Å². The summed E-state index contributed by atoms with van der Waals surface area (Å²) in [5, 5.41) is 19.3. The number of aliphatic hydroxyl groups is 2. The van der Waals surface area contributed by atoms with Gasteiger partial charge in [-0.05, 0) is 0 Å². The van der Waals surface area contributed by atoms with Crippen LogP contribution in [0.25, 0.3) is 16.9 Å². The van der Waals surface area contributed by atoms with Gasteiger partial charge in [0.05, 0.1) is 25.4 Å². The quantitative estimate of drug-likeness (QED) is 0.503. The number of hydrogen-bond acceptors (Lipinski definition) is 7. The Morgan fingerprint density at radius 2 is 2.28 bits per heavy atom. The number of imidazole rings is 2. The maximum Gasteiger partial charge on any atom is 0.237 e. The van der Waals surface area contributed by atoms with Crippen LogP contribution in [0.15, 0.2) is 23.7 Å². The van der Waals surface area contributed by atoms with E-state index in [9.17, 15) is 10.2 Å². The van der Waals surface area contributed by atoms with Gasteiger partial charge in [0, 0.05) is 32.9 Å². The summed E-state index contributed by atoms with van der Waals surface area (Å²) < 4.78 is 9.38. The van der Waals surface area contributed by atoms with Gasteiger partial charge in [0.15, 0.2) is 17.0 Å². The minimum atomic E-state index is -0.723. The Hall–Kier alpha value is -2.56. The highest BCUT2D eigenvalue weighted by molar-refractivity contribution is 5.85. The molecule has 0 aromatic carbocycles. The molecule has 1 saturated heterocycles. The second-order valence-corrected chi connectivity index (χ2v) is 6.18. The van der Waals surface area contributed by atoms with Crippen LogP contribution < -0.4 is 0 Å². The van der Waals surface area contributed by atoms with Crippen molar-refractivity contribution in [2.45, 2.75) is 24.9 Å². The van der Waals surface area contributed by atoms with Crippen LogP contribution in [-0.4, -0.2) is 78.3 Å². The first kappa shape index (κ1) is 15.9. The van der Waals surface area contributed by atoms with Gasteiger partial charge in [0.2, 0.25) is 5.78 Å². The fourth-order valence-corrected chi connectivity index (χ4v) is 2.96. The SMILES string of the molecule is CN(C)C=Nc1nc2nccn2c2c1ncn2C1CC(O)C(CO)O1. The van der Waals surface area contributed by atoms with Gasteiger partial charge in [-0.1, -0.05) is 0 Å². The lowest BCUT2D eigenvalue weighted by Crippen LogP contribution is -2.24. The summed E-state index contributed by atoms with van der Waals surface area (Å²) in [7, 11) is 3.74. The number of aliphatic hydroxyl groups excluding tert-OH is 2. The molecule has 25 heavy (non-hydrogen) atoms. The molecule has 0 radical (unpaired) electrons. The zero-order valence-corrected chi connectivity index (χ0v) is 13.9. The first-order valence-corrected chi connectivity index (χ1v) is 7.93. The van der Waals surface area contributed by atoms with E-state index in [1.807, 2.05) is 23.6 Å². The minimum Gasteiger partial charge on any atom is -0.394 e. The lowest BCUT2D eigenvalue weighted by Gasteiger charge is -2.14. The fourth-order valence-electron chi connectivity index (χ4n) is 2.96. The lowest BCUT2D eigenvalue weighted by atomic mass is 10.2. The predicted molar refractivity (Wildman–Crippen MR) is 89.7 cm³/mol. The average Bonchev–Trinajstić information content (AvgIpc) is 3.28. The maximum absolute atomic E-state index is 10.0. The number of aliphatic imine (C=N–C) groups is 1. The van der Waals surface area contributed by atoms with Crippen molar-refractivity contribution in [2.75, 3.05) is 20.7 Å². The zero-order chi connectivity index (χ0) is 17.6. The van der Waals surface area contributed by atoms with Gasteiger partial charge >= 0.3 is 0 Å². The summed E-state index contributed by atoms with van der Waals surface area (Å²) in [4.78, 5) is 19.3. The van der Waals surface area contributed by atoms with Gasteiger partial charge in [-0.2, -0.15) is 4.98 Å². The monoisotopic (exact) mass is 345 g/mol. The summed E-state index contributed by atoms with van der Waals surface area (Å²) in [5.41, 5.74) is 1.33. The van der Waals surface area contributed by atoms with Crippen molar-refractivity contribution in [1.29, 1.82) is 0 Å². The Balaban J connectivity index is 1.87. The molecule has 0 saturated carbocycles. The van der Waals surface area contributed by atoms with Crippen molar-refractivity contribution >= 4 is 29.1 Å². The molecular formula is C15H19N7O3. The second kappa shape index (κ2) is 6.06. The molecule has 3 unspecified atom stereocenters. The molecule has 1 aliphatic heterocycles. The van der Waals surface area contributed by atoms with Crippen LogP contribution in [0.4, 0.5) is 5.82 Å². The van der Waals surface area contributed by atoms with Crippen molar-refractivity contribution in [2.24, 2.45) is 4.99 Å². The Bertz CT molecular complexity index is 932. The second-order valence-electron chi connectivity index (χ2n) is 6.18. The molecule has 0 bridgehead atoms. The third kappa shape index (κ3) is 2.64. The van der Waals surface area contributed by atoms with E-state index in [0.29, 0.717) is 23.5 Å². The van der Waals surface area contributed by atoms with E-state index >= 15 is 0 Å². The van der Waals surface area contributed by atoms with Crippen molar-refractivity contribution in [3.05, 3.63) is 18.7 Å². The summed E-state index contributed by atoms with van der Waals surface area (Å²) in [6, 6.07) is 0. The van der Waals surface area contributed by atoms with Gasteiger partial charge in [0.25, 0.3) is 0 Å². The molecule has 0 spiro atoms. The zero-order valence-electron chi connectivity index (χ0n) is 13.9. The molecule has 0 amide bonds. The molecule has 1 aliphatic rings. The smallest absolute Gasteiger partial charge is 0.237 e. The highest BCUT2D eigenvalue weighted by atomic mass is 16.5. The van der Waals surface area contributed by atoms with E-state index in [0.717, 1.165) is 5.65 Å². The molecule has 0 aliphatic carbocycles. The minimum absolute atomic E-state index is 0.231. The normalized spacial score (nSPS) is 24.1. The van der Waals surface area contributed by atoms with Crippen LogP contribution in [0.3, 0.4) is 0 Å². The Labute approximate surface area is 143 Å². The van der Waals surface area contributed by atoms with Crippen molar-refractivity contribution < 1.29 is 14.9 Å². The Kier molecular flexibility index (Phi) is 3.86. The first-order valence-electron chi connectivity index (χ1n) is 7.93. The predicted octanol–water partition coefficient (Wildman–Crippen LogP) is -0.0589. The molecule has 132 valence electrons. The van der Waals surface area contributed by atoms with Crippen molar-refractivity contribution in [1.82, 2.24) is 28.8 Å². The number of aromatic nitrogens is 5. The standard InChI is InChI=1S/C15H19N7O3/c1-20(2)7-18-13-12-14(21-4-3-16-15(21)19-13)22(8-17-12)11-5-9(24)10(6-23)25-11/h3-4,7-11,23-24H,5-6H2,1-2H3. The van der Waals surface area contributed by atoms with E-state index in [-0.39, 0.29) is 6.61 Å². The topological polar surface area (TPSA) is 113 Å². The molecule has 3 aromatic heterocycles. The van der Waals surface area contributed by atoms with Gasteiger partial charge in [0.1, 0.15) is 12.3 Å². The number of nitrogens with zero attached hydrogens (tertiary/aromatic N) is 7. The highest BCUT2D eigenvalue weighted by Crippen LogP contribution is 2.33. The third-order valence-electron chi connectivity index (χ3n) is 4.14. The molecule has 3 atom stereocenters. The first-order chi connectivity index (χ1) is 12.1. The largest absolute Gasteiger partial charge is 0.394 e. The summed E-state index contributed by atoms with van der Waals surface area (Å²) in [6.45, 7) is -0.231. The molecule has 2 N–H and O–H groups in total. The van der Waals surface area contributed by atoms with E-state index in [2.05, 4.69) is 19.9 Å². The van der Waals surface area contributed by atoms with E-state index in [1.54, 1.807) is 29.5 Å². The molecule has 10 nitrogen and oxygen atoms in total. The van der Waals surface area contributed by atoms with Gasteiger partial charge in [-0.25, -0.2) is 15.0 Å². The van der Waals surface area contributed by atoms with E-state index in [4.69, 9.17) is 4.74 Å². The van der Waals surface area contributed by atoms with E-state index < -0.39 is 18.4 Å². The number of rotatable bonds is 4. The third-order valence-corrected chi connectivity index (χ3v) is 4.14. The van der Waals surface area contributed by atoms with E-state index in [1.165, 1.54) is 0 Å². The van der Waals surface area contributed by atoms with Crippen molar-refractivity contribution in [3.8, 4) is 0 Å². The Morgan fingerprint density at radius 3 is 3.00 bits per heavy atom. The molecular weight excluding hydrogens is 326 g/mol. The number of fused-ring (bicyclic) bond motifs is 3. The molecule has 4 heterocycles. The molecule has 10 heteroatoms. The Morgan fingerprint density at radius 1 is 1.44 bits per heavy atom. The summed E-state index contributed by atoms with van der Waals surface area (Å²) >= 11 is 0. The van der Waals surface area contributed by atoms with Gasteiger partial charge < -0.3 is 19.8 Å². The van der Waals surface area contributed by atoms with Gasteiger partial charge in [-0.3, -0.25) is 8.97 Å². The summed E-state index contributed by atoms with van der Waals surface area (Å²) in [6.07, 6.45) is 5.33. The van der Waals surface area contributed by atoms with Crippen LogP contribution in [-0.2, 0) is 4.74 Å². The van der Waals surface area contributed by atoms with Crippen molar-refractivity contribution in [3.63, 3.8) is 0 Å². The number of ether oxygens (including phenoxy) is 1. The van der Waals surface area contributed by atoms with Crippen LogP contribution in [0, 0.1) is 0 Å². The molecule has 4 rings (SSSR count).